The van der Waals surface area contributed by atoms with Crippen molar-refractivity contribution >= 4 is 0 Å². The summed E-state index contributed by atoms with van der Waals surface area (Å²) < 4.78 is 0. The first-order valence-corrected chi connectivity index (χ1v) is 7.37. The fraction of sp³-hybridized carbons (Fsp3) is 0.647. The predicted molar refractivity (Wildman–Crippen MR) is 76.8 cm³/mol. The molecule has 98 valence electrons. The van der Waals surface area contributed by atoms with Crippen LogP contribution in [0.25, 0.3) is 0 Å². The van der Waals surface area contributed by atoms with Gasteiger partial charge in [0.15, 0.2) is 0 Å². The summed E-state index contributed by atoms with van der Waals surface area (Å²) in [6, 6.07) is 6.99. The molecule has 0 aliphatic heterocycles. The van der Waals surface area contributed by atoms with E-state index in [-0.39, 0.29) is 0 Å². The zero-order chi connectivity index (χ0) is 12.8. The second-order valence-corrected chi connectivity index (χ2v) is 6.92. The molecule has 0 atom stereocenters. The molecular formula is C17H25N. The third kappa shape index (κ3) is 1.80. The van der Waals surface area contributed by atoms with Crippen LogP contribution >= 0.6 is 0 Å². The maximum absolute atomic E-state index is 6.15. The smallest absolute Gasteiger partial charge is 0.00863 e. The van der Waals surface area contributed by atoms with Crippen molar-refractivity contribution in [3.8, 4) is 0 Å². The molecule has 2 fully saturated rings. The molecule has 2 aliphatic carbocycles. The van der Waals surface area contributed by atoms with Crippen molar-refractivity contribution in [2.75, 3.05) is 6.54 Å². The number of hydrogen-bond acceptors (Lipinski definition) is 1. The molecule has 0 unspecified atom stereocenters. The van der Waals surface area contributed by atoms with E-state index in [0.29, 0.717) is 10.8 Å². The summed E-state index contributed by atoms with van der Waals surface area (Å²) in [5.41, 5.74) is 11.4. The van der Waals surface area contributed by atoms with E-state index in [2.05, 4.69) is 32.0 Å². The van der Waals surface area contributed by atoms with Gasteiger partial charge in [0.05, 0.1) is 0 Å². The summed E-state index contributed by atoms with van der Waals surface area (Å²) in [6.07, 6.45) is 8.43. The van der Waals surface area contributed by atoms with Crippen LogP contribution in [-0.2, 0) is 5.41 Å². The lowest BCUT2D eigenvalue weighted by molar-refractivity contribution is 0.0328. The molecule has 0 aromatic heterocycles. The molecule has 1 nitrogen and oxygen atoms in total. The number of hydrogen-bond donors (Lipinski definition) is 1. The van der Waals surface area contributed by atoms with Crippen LogP contribution in [0.4, 0.5) is 0 Å². The highest BCUT2D eigenvalue weighted by molar-refractivity contribution is 5.37. The quantitative estimate of drug-likeness (QED) is 0.838. The largest absolute Gasteiger partial charge is 0.330 e. The normalized spacial score (nSPS) is 24.2. The molecule has 3 rings (SSSR count). The molecule has 2 saturated carbocycles. The first kappa shape index (κ1) is 12.2. The molecule has 2 aliphatic rings. The first-order valence-electron chi connectivity index (χ1n) is 7.37. The Morgan fingerprint density at radius 3 is 2.06 bits per heavy atom. The van der Waals surface area contributed by atoms with Gasteiger partial charge in [-0.05, 0) is 50.5 Å². The van der Waals surface area contributed by atoms with E-state index >= 15 is 0 Å². The molecule has 0 bridgehead atoms. The predicted octanol–water partition coefficient (Wildman–Crippen LogP) is 3.85. The molecule has 1 spiro atoms. The summed E-state index contributed by atoms with van der Waals surface area (Å²) in [6.45, 7) is 5.22. The molecule has 0 amide bonds. The topological polar surface area (TPSA) is 26.0 Å². The molecule has 0 saturated heterocycles. The van der Waals surface area contributed by atoms with Gasteiger partial charge >= 0.3 is 0 Å². The Morgan fingerprint density at radius 2 is 1.56 bits per heavy atom. The monoisotopic (exact) mass is 243 g/mol. The second-order valence-electron chi connectivity index (χ2n) is 6.92. The Balaban J connectivity index is 1.89. The van der Waals surface area contributed by atoms with Crippen molar-refractivity contribution < 1.29 is 0 Å². The average Bonchev–Trinajstić information content (AvgIpc) is 2.73. The van der Waals surface area contributed by atoms with E-state index < -0.39 is 0 Å². The Bertz CT molecular complexity index is 426. The minimum absolute atomic E-state index is 0.293. The van der Waals surface area contributed by atoms with Crippen molar-refractivity contribution in [2.45, 2.75) is 57.8 Å². The van der Waals surface area contributed by atoms with Crippen LogP contribution in [0.1, 0.15) is 55.2 Å². The van der Waals surface area contributed by atoms with Gasteiger partial charge in [-0.15, -0.1) is 0 Å². The molecule has 1 aromatic carbocycles. The van der Waals surface area contributed by atoms with Gasteiger partial charge in [-0.3, -0.25) is 0 Å². The van der Waals surface area contributed by atoms with Crippen LogP contribution in [0.3, 0.4) is 0 Å². The van der Waals surface area contributed by atoms with Gasteiger partial charge in [-0.25, -0.2) is 0 Å². The summed E-state index contributed by atoms with van der Waals surface area (Å²) in [4.78, 5) is 0. The molecule has 1 heteroatoms. The van der Waals surface area contributed by atoms with E-state index in [4.69, 9.17) is 5.73 Å². The highest BCUT2D eigenvalue weighted by atomic mass is 14.7. The molecular weight excluding hydrogens is 218 g/mol. The van der Waals surface area contributed by atoms with Crippen molar-refractivity contribution in [2.24, 2.45) is 11.1 Å². The summed E-state index contributed by atoms with van der Waals surface area (Å²) in [5, 5.41) is 0. The molecule has 18 heavy (non-hydrogen) atoms. The van der Waals surface area contributed by atoms with Gasteiger partial charge in [0, 0.05) is 12.0 Å². The number of rotatable bonds is 2. The lowest BCUT2D eigenvalue weighted by Gasteiger charge is -2.55. The van der Waals surface area contributed by atoms with Crippen LogP contribution in [0.15, 0.2) is 18.2 Å². The van der Waals surface area contributed by atoms with Gasteiger partial charge in [0.25, 0.3) is 0 Å². The maximum Gasteiger partial charge on any atom is 0.00863 e. The van der Waals surface area contributed by atoms with Crippen LogP contribution in [0.5, 0.6) is 0 Å². The zero-order valence-electron chi connectivity index (χ0n) is 11.8. The number of aryl methyl sites for hydroxylation is 2. The Labute approximate surface area is 111 Å². The third-order valence-corrected chi connectivity index (χ3v) is 5.32. The highest BCUT2D eigenvalue weighted by Crippen LogP contribution is 2.62. The Kier molecular flexibility index (Phi) is 2.78. The summed E-state index contributed by atoms with van der Waals surface area (Å²) in [5.74, 6) is 0. The lowest BCUT2D eigenvalue weighted by Crippen LogP contribution is -2.52. The SMILES string of the molecule is Cc1cc(C)cc(C2(CN)CC3(CCCC3)C2)c1. The van der Waals surface area contributed by atoms with Crippen molar-refractivity contribution in [3.05, 3.63) is 34.9 Å². The fourth-order valence-electron chi connectivity index (χ4n) is 4.61. The fourth-order valence-corrected chi connectivity index (χ4v) is 4.61. The number of benzene rings is 1. The van der Waals surface area contributed by atoms with E-state index in [1.807, 2.05) is 0 Å². The average molecular weight is 243 g/mol. The summed E-state index contributed by atoms with van der Waals surface area (Å²) >= 11 is 0. The van der Waals surface area contributed by atoms with Crippen LogP contribution in [0.2, 0.25) is 0 Å². The van der Waals surface area contributed by atoms with Crippen LogP contribution in [-0.4, -0.2) is 6.54 Å². The van der Waals surface area contributed by atoms with Crippen LogP contribution in [0, 0.1) is 19.3 Å². The van der Waals surface area contributed by atoms with Gasteiger partial charge < -0.3 is 5.73 Å². The standard InChI is InChI=1S/C17H25N/c1-13-7-14(2)9-15(8-13)17(12-18)10-16(11-17)5-3-4-6-16/h7-9H,3-6,10-12,18H2,1-2H3. The lowest BCUT2D eigenvalue weighted by atomic mass is 9.49. The Hall–Kier alpha value is -0.820. The maximum atomic E-state index is 6.15. The summed E-state index contributed by atoms with van der Waals surface area (Å²) in [7, 11) is 0. The third-order valence-electron chi connectivity index (χ3n) is 5.32. The van der Waals surface area contributed by atoms with Gasteiger partial charge in [0.1, 0.15) is 0 Å². The minimum atomic E-state index is 0.293. The van der Waals surface area contributed by atoms with Crippen LogP contribution < -0.4 is 5.73 Å². The van der Waals surface area contributed by atoms with E-state index in [0.717, 1.165) is 6.54 Å². The van der Waals surface area contributed by atoms with Gasteiger partial charge in [-0.2, -0.15) is 0 Å². The minimum Gasteiger partial charge on any atom is -0.330 e. The molecule has 1 aromatic rings. The number of nitrogens with two attached hydrogens (primary N) is 1. The molecule has 2 N–H and O–H groups in total. The second kappa shape index (κ2) is 4.09. The molecule has 0 radical (unpaired) electrons. The molecule has 0 heterocycles. The van der Waals surface area contributed by atoms with Gasteiger partial charge in [0.2, 0.25) is 0 Å². The highest BCUT2D eigenvalue weighted by Gasteiger charge is 2.55. The van der Waals surface area contributed by atoms with E-state index in [9.17, 15) is 0 Å². The van der Waals surface area contributed by atoms with Crippen molar-refractivity contribution in [1.82, 2.24) is 0 Å². The zero-order valence-corrected chi connectivity index (χ0v) is 11.8. The van der Waals surface area contributed by atoms with E-state index in [1.54, 1.807) is 0 Å². The Morgan fingerprint density at radius 1 is 1.00 bits per heavy atom. The van der Waals surface area contributed by atoms with Gasteiger partial charge in [-0.1, -0.05) is 42.2 Å². The van der Waals surface area contributed by atoms with Crippen molar-refractivity contribution in [1.29, 1.82) is 0 Å². The first-order chi connectivity index (χ1) is 8.57. The van der Waals surface area contributed by atoms with Crippen molar-refractivity contribution in [3.63, 3.8) is 0 Å². The van der Waals surface area contributed by atoms with E-state index in [1.165, 1.54) is 55.2 Å².